The lowest BCUT2D eigenvalue weighted by atomic mass is 10.0. The van der Waals surface area contributed by atoms with Crippen LogP contribution < -0.4 is 5.32 Å². The van der Waals surface area contributed by atoms with Crippen molar-refractivity contribution in [3.63, 3.8) is 0 Å². The van der Waals surface area contributed by atoms with Crippen LogP contribution in [0.4, 0.5) is 0 Å². The number of hydrogen-bond acceptors (Lipinski definition) is 3. The molecule has 2 atom stereocenters. The van der Waals surface area contributed by atoms with Crippen molar-refractivity contribution in [3.05, 3.63) is 0 Å². The summed E-state index contributed by atoms with van der Waals surface area (Å²) in [5.41, 5.74) is 0. The largest absolute Gasteiger partial charge is 0.391 e. The minimum Gasteiger partial charge on any atom is -0.391 e. The number of aliphatic hydroxyl groups excluding tert-OH is 1. The number of nitrogens with one attached hydrogen (secondary N) is 1. The molecule has 66 valence electrons. The summed E-state index contributed by atoms with van der Waals surface area (Å²) in [6.45, 7) is 2.83. The van der Waals surface area contributed by atoms with Crippen LogP contribution in [0.1, 0.15) is 6.42 Å². The lowest BCUT2D eigenvalue weighted by molar-refractivity contribution is 0.137. The third-order valence-electron chi connectivity index (χ3n) is 2.25. The summed E-state index contributed by atoms with van der Waals surface area (Å²) in [5.74, 6) is 0.470. The second-order valence-electron chi connectivity index (χ2n) is 3.58. The normalized spacial score (nSPS) is 31.6. The first-order valence-corrected chi connectivity index (χ1v) is 4.23. The van der Waals surface area contributed by atoms with Crippen molar-refractivity contribution in [2.45, 2.75) is 12.5 Å². The average Bonchev–Trinajstić information content (AvgIpc) is 2.31. The van der Waals surface area contributed by atoms with Gasteiger partial charge in [-0.05, 0) is 33.0 Å². The molecule has 1 rings (SSSR count). The van der Waals surface area contributed by atoms with E-state index in [1.165, 1.54) is 0 Å². The second kappa shape index (κ2) is 4.04. The second-order valence-corrected chi connectivity index (χ2v) is 3.58. The Morgan fingerprint density at radius 2 is 2.18 bits per heavy atom. The Kier molecular flexibility index (Phi) is 3.30. The topological polar surface area (TPSA) is 35.5 Å². The highest BCUT2D eigenvalue weighted by Gasteiger charge is 2.23. The van der Waals surface area contributed by atoms with Gasteiger partial charge < -0.3 is 15.3 Å². The Morgan fingerprint density at radius 1 is 1.45 bits per heavy atom. The van der Waals surface area contributed by atoms with Crippen LogP contribution in [0.3, 0.4) is 0 Å². The summed E-state index contributed by atoms with van der Waals surface area (Å²) >= 11 is 0. The lowest BCUT2D eigenvalue weighted by Crippen LogP contribution is -2.23. The number of hydrogen-bond donors (Lipinski definition) is 2. The van der Waals surface area contributed by atoms with Gasteiger partial charge in [-0.25, -0.2) is 0 Å². The molecule has 0 amide bonds. The highest BCUT2D eigenvalue weighted by molar-refractivity contribution is 4.80. The van der Waals surface area contributed by atoms with Crippen LogP contribution in [-0.4, -0.2) is 49.8 Å². The van der Waals surface area contributed by atoms with Gasteiger partial charge in [0.15, 0.2) is 0 Å². The van der Waals surface area contributed by atoms with E-state index in [2.05, 4.69) is 24.3 Å². The maximum atomic E-state index is 9.42. The molecule has 0 aromatic carbocycles. The number of β-amino-alcohol motifs (C(OH)–C–C–N with tert-alkyl or cyclic N) is 1. The zero-order valence-corrected chi connectivity index (χ0v) is 7.38. The van der Waals surface area contributed by atoms with Crippen molar-refractivity contribution < 1.29 is 5.11 Å². The van der Waals surface area contributed by atoms with Crippen molar-refractivity contribution in [3.8, 4) is 0 Å². The fourth-order valence-corrected chi connectivity index (χ4v) is 1.44. The first-order chi connectivity index (χ1) is 5.20. The van der Waals surface area contributed by atoms with Gasteiger partial charge in [-0.2, -0.15) is 0 Å². The highest BCUT2D eigenvalue weighted by atomic mass is 16.3. The monoisotopic (exact) mass is 158 g/mol. The fourth-order valence-electron chi connectivity index (χ4n) is 1.44. The number of nitrogens with zero attached hydrogens (tertiary/aromatic N) is 1. The fraction of sp³-hybridized carbons (Fsp3) is 1.00. The van der Waals surface area contributed by atoms with Crippen molar-refractivity contribution >= 4 is 0 Å². The van der Waals surface area contributed by atoms with Gasteiger partial charge in [-0.3, -0.25) is 0 Å². The van der Waals surface area contributed by atoms with Gasteiger partial charge in [0.25, 0.3) is 0 Å². The zero-order valence-electron chi connectivity index (χ0n) is 7.38. The predicted octanol–water partition coefficient (Wildman–Crippen LogP) is -0.482. The average molecular weight is 158 g/mol. The molecule has 1 fully saturated rings. The van der Waals surface area contributed by atoms with Gasteiger partial charge in [-0.1, -0.05) is 0 Å². The summed E-state index contributed by atoms with van der Waals surface area (Å²) in [5, 5.41) is 12.6. The van der Waals surface area contributed by atoms with Gasteiger partial charge in [0, 0.05) is 13.1 Å². The molecule has 1 heterocycles. The molecule has 2 N–H and O–H groups in total. The molecule has 0 aliphatic carbocycles. The number of aliphatic hydroxyl groups is 1. The molecule has 0 radical (unpaired) electrons. The van der Waals surface area contributed by atoms with Gasteiger partial charge in [0.1, 0.15) is 0 Å². The van der Waals surface area contributed by atoms with E-state index in [1.807, 2.05) is 0 Å². The first-order valence-electron chi connectivity index (χ1n) is 4.23. The number of rotatable bonds is 3. The molecule has 0 aromatic rings. The summed E-state index contributed by atoms with van der Waals surface area (Å²) in [6.07, 6.45) is 0.983. The molecule has 1 saturated heterocycles. The predicted molar refractivity (Wildman–Crippen MR) is 45.5 cm³/mol. The quantitative estimate of drug-likeness (QED) is 0.582. The van der Waals surface area contributed by atoms with E-state index >= 15 is 0 Å². The van der Waals surface area contributed by atoms with Crippen LogP contribution in [0.15, 0.2) is 0 Å². The van der Waals surface area contributed by atoms with Crippen LogP contribution in [0.2, 0.25) is 0 Å². The Morgan fingerprint density at radius 3 is 2.64 bits per heavy atom. The van der Waals surface area contributed by atoms with E-state index in [0.717, 1.165) is 26.1 Å². The minimum absolute atomic E-state index is 0.116. The van der Waals surface area contributed by atoms with Crippen LogP contribution in [0, 0.1) is 5.92 Å². The zero-order chi connectivity index (χ0) is 8.27. The van der Waals surface area contributed by atoms with Gasteiger partial charge >= 0.3 is 0 Å². The van der Waals surface area contributed by atoms with E-state index in [9.17, 15) is 5.11 Å². The van der Waals surface area contributed by atoms with Gasteiger partial charge in [-0.15, -0.1) is 0 Å². The standard InChI is InChI=1S/C8H18N2O/c1-10(2)4-3-7-5-9-6-8(7)11/h7-9,11H,3-6H2,1-2H3/t7?,8-/m0/s1. The SMILES string of the molecule is CN(C)CCC1CNC[C@@H]1O. The third-order valence-corrected chi connectivity index (χ3v) is 2.25. The summed E-state index contributed by atoms with van der Waals surface area (Å²) in [4.78, 5) is 2.16. The Balaban J connectivity index is 2.15. The molecule has 0 aromatic heterocycles. The molecule has 1 aliphatic heterocycles. The minimum atomic E-state index is -0.116. The van der Waals surface area contributed by atoms with Crippen molar-refractivity contribution in [2.75, 3.05) is 33.7 Å². The lowest BCUT2D eigenvalue weighted by Gasteiger charge is -2.15. The van der Waals surface area contributed by atoms with Crippen LogP contribution in [0.25, 0.3) is 0 Å². The van der Waals surface area contributed by atoms with E-state index in [1.54, 1.807) is 0 Å². The Bertz CT molecular complexity index is 117. The first kappa shape index (κ1) is 8.97. The van der Waals surface area contributed by atoms with Crippen LogP contribution in [0.5, 0.6) is 0 Å². The van der Waals surface area contributed by atoms with E-state index in [4.69, 9.17) is 0 Å². The van der Waals surface area contributed by atoms with E-state index in [0.29, 0.717) is 5.92 Å². The van der Waals surface area contributed by atoms with E-state index < -0.39 is 0 Å². The maximum absolute atomic E-state index is 9.42. The molecule has 0 spiro atoms. The van der Waals surface area contributed by atoms with Crippen molar-refractivity contribution in [1.82, 2.24) is 10.2 Å². The smallest absolute Gasteiger partial charge is 0.0705 e. The Labute approximate surface area is 68.4 Å². The molecular weight excluding hydrogens is 140 g/mol. The molecule has 11 heavy (non-hydrogen) atoms. The van der Waals surface area contributed by atoms with Crippen molar-refractivity contribution in [2.24, 2.45) is 5.92 Å². The Hall–Kier alpha value is -0.120. The van der Waals surface area contributed by atoms with Gasteiger partial charge in [0.05, 0.1) is 6.10 Å². The van der Waals surface area contributed by atoms with Crippen LogP contribution >= 0.6 is 0 Å². The molecule has 3 nitrogen and oxygen atoms in total. The molecule has 3 heteroatoms. The molecule has 1 unspecified atom stereocenters. The molecule has 1 aliphatic rings. The van der Waals surface area contributed by atoms with Gasteiger partial charge in [0.2, 0.25) is 0 Å². The molecular formula is C8H18N2O. The molecule has 0 bridgehead atoms. The highest BCUT2D eigenvalue weighted by Crippen LogP contribution is 2.12. The third kappa shape index (κ3) is 2.77. The van der Waals surface area contributed by atoms with E-state index in [-0.39, 0.29) is 6.10 Å². The summed E-state index contributed by atoms with van der Waals surface area (Å²) in [6, 6.07) is 0. The molecule has 0 saturated carbocycles. The summed E-state index contributed by atoms with van der Waals surface area (Å²) < 4.78 is 0. The maximum Gasteiger partial charge on any atom is 0.0705 e. The van der Waals surface area contributed by atoms with Crippen LogP contribution in [-0.2, 0) is 0 Å². The van der Waals surface area contributed by atoms with Crippen molar-refractivity contribution in [1.29, 1.82) is 0 Å². The summed E-state index contributed by atoms with van der Waals surface area (Å²) in [7, 11) is 4.13.